The van der Waals surface area contributed by atoms with Crippen molar-refractivity contribution in [3.8, 4) is 0 Å². The molecule has 21 heavy (non-hydrogen) atoms. The normalized spacial score (nSPS) is 19.7. The number of carbonyl (C=O) groups excluding carboxylic acids is 1. The zero-order valence-corrected chi connectivity index (χ0v) is 13.2. The Labute approximate surface area is 128 Å². The van der Waals surface area contributed by atoms with Gasteiger partial charge in [-0.3, -0.25) is 0 Å². The molecule has 1 aliphatic heterocycles. The van der Waals surface area contributed by atoms with Crippen LogP contribution in [0.2, 0.25) is 0 Å². The number of furan rings is 1. The lowest BCUT2D eigenvalue weighted by molar-refractivity contribution is 0.188. The van der Waals surface area contributed by atoms with E-state index in [1.807, 2.05) is 30.9 Å². The molecule has 5 heteroatoms. The Morgan fingerprint density at radius 1 is 1.48 bits per heavy atom. The lowest BCUT2D eigenvalue weighted by Gasteiger charge is -2.26. The first-order chi connectivity index (χ1) is 10.1. The summed E-state index contributed by atoms with van der Waals surface area (Å²) in [5, 5.41) is 7.24. The van der Waals surface area contributed by atoms with E-state index in [0.717, 1.165) is 30.9 Å². The van der Waals surface area contributed by atoms with Crippen molar-refractivity contribution in [3.05, 3.63) is 46.0 Å². The number of urea groups is 1. The number of carbonyl (C=O) groups is 1. The summed E-state index contributed by atoms with van der Waals surface area (Å²) in [4.78, 5) is 14.5. The third-order valence-corrected chi connectivity index (χ3v) is 4.67. The van der Waals surface area contributed by atoms with E-state index >= 15 is 0 Å². The fourth-order valence-corrected chi connectivity index (χ4v) is 3.55. The van der Waals surface area contributed by atoms with Gasteiger partial charge < -0.3 is 14.6 Å². The van der Waals surface area contributed by atoms with E-state index in [0.29, 0.717) is 0 Å². The molecule has 0 aromatic carbocycles. The average Bonchev–Trinajstić information content (AvgIpc) is 3.19. The predicted octanol–water partition coefficient (Wildman–Crippen LogP) is 4.26. The van der Waals surface area contributed by atoms with Gasteiger partial charge in [-0.05, 0) is 61.2 Å². The van der Waals surface area contributed by atoms with Gasteiger partial charge in [-0.2, -0.15) is 11.3 Å². The quantitative estimate of drug-likeness (QED) is 0.921. The van der Waals surface area contributed by atoms with Crippen molar-refractivity contribution in [1.29, 1.82) is 0 Å². The second kappa shape index (κ2) is 5.93. The molecule has 2 aromatic heterocycles. The van der Waals surface area contributed by atoms with E-state index in [9.17, 15) is 4.79 Å². The van der Waals surface area contributed by atoms with Crippen molar-refractivity contribution in [2.45, 2.75) is 38.8 Å². The van der Waals surface area contributed by atoms with Gasteiger partial charge in [0.25, 0.3) is 0 Å². The lowest BCUT2D eigenvalue weighted by Crippen LogP contribution is -2.40. The maximum Gasteiger partial charge on any atom is 0.318 e. The third-order valence-electron chi connectivity index (χ3n) is 3.97. The number of nitrogens with zero attached hydrogens (tertiary/aromatic N) is 1. The van der Waals surface area contributed by atoms with Gasteiger partial charge in [-0.15, -0.1) is 0 Å². The molecule has 0 aliphatic carbocycles. The maximum atomic E-state index is 12.5. The Hall–Kier alpha value is -1.75. The second-order valence-electron chi connectivity index (χ2n) is 5.53. The van der Waals surface area contributed by atoms with E-state index in [1.54, 1.807) is 11.3 Å². The number of nitrogens with one attached hydrogen (secondary N) is 1. The van der Waals surface area contributed by atoms with Gasteiger partial charge in [0.05, 0.1) is 12.1 Å². The van der Waals surface area contributed by atoms with E-state index in [4.69, 9.17) is 4.42 Å². The molecule has 1 saturated heterocycles. The Morgan fingerprint density at radius 2 is 2.33 bits per heavy atom. The molecule has 2 amide bonds. The summed E-state index contributed by atoms with van der Waals surface area (Å²) in [5.41, 5.74) is 1.24. The molecule has 0 saturated carbocycles. The van der Waals surface area contributed by atoms with Gasteiger partial charge in [0.1, 0.15) is 11.5 Å². The van der Waals surface area contributed by atoms with Crippen LogP contribution < -0.4 is 5.32 Å². The molecule has 1 aliphatic rings. The molecule has 0 radical (unpaired) electrons. The van der Waals surface area contributed by atoms with Crippen LogP contribution in [0.1, 0.15) is 48.9 Å². The lowest BCUT2D eigenvalue weighted by atomic mass is 10.1. The number of thiophene rings is 1. The van der Waals surface area contributed by atoms with Crippen LogP contribution in [0, 0.1) is 6.92 Å². The Kier molecular flexibility index (Phi) is 4.01. The molecule has 3 rings (SSSR count). The fraction of sp³-hybridized carbons (Fsp3) is 0.438. The van der Waals surface area contributed by atoms with Crippen LogP contribution in [0.3, 0.4) is 0 Å². The number of amides is 2. The SMILES string of the molecule is Cc1ccc([C@@H](C)NC(=O)N2CCC[C@H]2c2ccsc2)o1. The molecular weight excluding hydrogens is 284 g/mol. The first-order valence-electron chi connectivity index (χ1n) is 7.30. The van der Waals surface area contributed by atoms with Crippen LogP contribution in [0.4, 0.5) is 4.79 Å². The predicted molar refractivity (Wildman–Crippen MR) is 83.4 cm³/mol. The molecule has 4 nitrogen and oxygen atoms in total. The van der Waals surface area contributed by atoms with Crippen molar-refractivity contribution in [2.24, 2.45) is 0 Å². The standard InChI is InChI=1S/C16H20N2O2S/c1-11-5-6-15(20-11)12(2)17-16(19)18-8-3-4-14(18)13-7-9-21-10-13/h5-7,9-10,12,14H,3-4,8H2,1-2H3,(H,17,19)/t12-,14+/m1/s1. The van der Waals surface area contributed by atoms with Gasteiger partial charge in [-0.1, -0.05) is 0 Å². The summed E-state index contributed by atoms with van der Waals surface area (Å²) in [6, 6.07) is 6.03. The highest BCUT2D eigenvalue weighted by Gasteiger charge is 2.31. The molecule has 0 bridgehead atoms. The number of hydrogen-bond acceptors (Lipinski definition) is 3. The van der Waals surface area contributed by atoms with Gasteiger partial charge in [0.2, 0.25) is 0 Å². The van der Waals surface area contributed by atoms with Gasteiger partial charge >= 0.3 is 6.03 Å². The molecule has 112 valence electrons. The topological polar surface area (TPSA) is 45.5 Å². The van der Waals surface area contributed by atoms with E-state index in [2.05, 4.69) is 22.1 Å². The fourth-order valence-electron chi connectivity index (χ4n) is 2.85. The maximum absolute atomic E-state index is 12.5. The molecule has 2 aromatic rings. The van der Waals surface area contributed by atoms with Crippen molar-refractivity contribution < 1.29 is 9.21 Å². The molecule has 1 fully saturated rings. The zero-order valence-electron chi connectivity index (χ0n) is 12.3. The van der Waals surface area contributed by atoms with E-state index in [1.165, 1.54) is 5.56 Å². The van der Waals surface area contributed by atoms with Crippen LogP contribution >= 0.6 is 11.3 Å². The van der Waals surface area contributed by atoms with Crippen LogP contribution in [-0.4, -0.2) is 17.5 Å². The summed E-state index contributed by atoms with van der Waals surface area (Å²) in [5.74, 6) is 1.66. The summed E-state index contributed by atoms with van der Waals surface area (Å²) >= 11 is 1.68. The number of rotatable bonds is 3. The highest BCUT2D eigenvalue weighted by Crippen LogP contribution is 2.33. The molecule has 0 unspecified atom stereocenters. The monoisotopic (exact) mass is 304 g/mol. The molecule has 3 heterocycles. The highest BCUT2D eigenvalue weighted by atomic mass is 32.1. The van der Waals surface area contributed by atoms with Crippen LogP contribution in [-0.2, 0) is 0 Å². The first kappa shape index (κ1) is 14.2. The van der Waals surface area contributed by atoms with Crippen LogP contribution in [0.5, 0.6) is 0 Å². The Balaban J connectivity index is 1.67. The second-order valence-corrected chi connectivity index (χ2v) is 6.31. The van der Waals surface area contributed by atoms with Gasteiger partial charge in [0, 0.05) is 6.54 Å². The Bertz CT molecular complexity index is 606. The minimum atomic E-state index is -0.116. The van der Waals surface area contributed by atoms with Crippen molar-refractivity contribution >= 4 is 17.4 Å². The summed E-state index contributed by atoms with van der Waals surface area (Å²) in [7, 11) is 0. The van der Waals surface area contributed by atoms with Crippen molar-refractivity contribution in [3.63, 3.8) is 0 Å². The number of aryl methyl sites for hydroxylation is 1. The largest absolute Gasteiger partial charge is 0.464 e. The average molecular weight is 304 g/mol. The smallest absolute Gasteiger partial charge is 0.318 e. The summed E-state index contributed by atoms with van der Waals surface area (Å²) in [6.07, 6.45) is 2.10. The van der Waals surface area contributed by atoms with Gasteiger partial charge in [-0.25, -0.2) is 4.79 Å². The number of hydrogen-bond donors (Lipinski definition) is 1. The molecular formula is C16H20N2O2S. The minimum Gasteiger partial charge on any atom is -0.464 e. The van der Waals surface area contributed by atoms with Crippen molar-refractivity contribution in [2.75, 3.05) is 6.54 Å². The molecule has 0 spiro atoms. The first-order valence-corrected chi connectivity index (χ1v) is 8.25. The van der Waals surface area contributed by atoms with Gasteiger partial charge in [0.15, 0.2) is 0 Å². The van der Waals surface area contributed by atoms with Crippen LogP contribution in [0.25, 0.3) is 0 Å². The van der Waals surface area contributed by atoms with E-state index in [-0.39, 0.29) is 18.1 Å². The van der Waals surface area contributed by atoms with E-state index < -0.39 is 0 Å². The highest BCUT2D eigenvalue weighted by molar-refractivity contribution is 7.07. The summed E-state index contributed by atoms with van der Waals surface area (Å²) < 4.78 is 5.58. The number of likely N-dealkylation sites (tertiary alicyclic amines) is 1. The third kappa shape index (κ3) is 2.97. The minimum absolute atomic E-state index is 0.00902. The van der Waals surface area contributed by atoms with Crippen LogP contribution in [0.15, 0.2) is 33.4 Å². The summed E-state index contributed by atoms with van der Waals surface area (Å²) in [6.45, 7) is 4.67. The molecule has 2 atom stereocenters. The van der Waals surface area contributed by atoms with Crippen molar-refractivity contribution in [1.82, 2.24) is 10.2 Å². The zero-order chi connectivity index (χ0) is 14.8. The Morgan fingerprint density at radius 3 is 3.00 bits per heavy atom. The molecule has 1 N–H and O–H groups in total.